The van der Waals surface area contributed by atoms with Gasteiger partial charge in [-0.1, -0.05) is 37.1 Å². The summed E-state index contributed by atoms with van der Waals surface area (Å²) in [6.07, 6.45) is 5.75. The van der Waals surface area contributed by atoms with Gasteiger partial charge in [0.05, 0.1) is 7.11 Å². The summed E-state index contributed by atoms with van der Waals surface area (Å²) in [5, 5.41) is 4.80. The van der Waals surface area contributed by atoms with Gasteiger partial charge in [0.25, 0.3) is 0 Å². The van der Waals surface area contributed by atoms with Gasteiger partial charge < -0.3 is 19.5 Å². The molecule has 0 atom stereocenters. The molecule has 0 radical (unpaired) electrons. The summed E-state index contributed by atoms with van der Waals surface area (Å²) in [4.78, 5) is 41.9. The Balaban J connectivity index is 1.25. The molecule has 0 unspecified atom stereocenters. The molecule has 0 saturated heterocycles. The van der Waals surface area contributed by atoms with E-state index in [9.17, 15) is 14.4 Å². The maximum absolute atomic E-state index is 12.5. The number of cyclic esters (lactones) is 1. The first-order chi connectivity index (χ1) is 18.5. The first-order valence-corrected chi connectivity index (χ1v) is 13.2. The largest absolute Gasteiger partial charge is 0.493 e. The molecule has 3 aromatic rings. The Morgan fingerprint density at radius 1 is 1.11 bits per heavy atom. The van der Waals surface area contributed by atoms with E-state index in [1.165, 1.54) is 18.4 Å². The number of aliphatic imine (C=N–C) groups is 1. The van der Waals surface area contributed by atoms with E-state index in [-0.39, 0.29) is 29.2 Å². The molecule has 1 amide bonds. The van der Waals surface area contributed by atoms with Crippen LogP contribution in [0.3, 0.4) is 0 Å². The fraction of sp³-hybridized carbons (Fsp3) is 0.241. The third-order valence-electron chi connectivity index (χ3n) is 6.43. The van der Waals surface area contributed by atoms with E-state index in [4.69, 9.17) is 14.2 Å². The van der Waals surface area contributed by atoms with Crippen LogP contribution in [0, 0.1) is 5.92 Å². The van der Waals surface area contributed by atoms with Crippen LogP contribution in [0.15, 0.2) is 70.7 Å². The van der Waals surface area contributed by atoms with Crippen molar-refractivity contribution in [2.75, 3.05) is 7.11 Å². The van der Waals surface area contributed by atoms with Crippen LogP contribution in [0.1, 0.15) is 52.0 Å². The van der Waals surface area contributed by atoms with E-state index in [0.717, 1.165) is 31.2 Å². The molecule has 9 heteroatoms. The number of rotatable bonds is 8. The van der Waals surface area contributed by atoms with Crippen molar-refractivity contribution < 1.29 is 28.6 Å². The van der Waals surface area contributed by atoms with Gasteiger partial charge in [0.2, 0.25) is 11.8 Å². The lowest BCUT2D eigenvalue weighted by atomic mass is 10.1. The number of methoxy groups -OCH3 is 1. The molecule has 0 bridgehead atoms. The number of amides is 1. The molecule has 2 heterocycles. The van der Waals surface area contributed by atoms with Crippen molar-refractivity contribution in [3.8, 4) is 11.5 Å². The van der Waals surface area contributed by atoms with Crippen LogP contribution in [0.25, 0.3) is 6.08 Å². The quantitative estimate of drug-likeness (QED) is 0.246. The monoisotopic (exact) mass is 530 g/mol. The first-order valence-electron chi connectivity index (χ1n) is 12.3. The highest BCUT2D eigenvalue weighted by Gasteiger charge is 2.25. The smallest absolute Gasteiger partial charge is 0.363 e. The van der Waals surface area contributed by atoms with E-state index in [0.29, 0.717) is 28.3 Å². The van der Waals surface area contributed by atoms with E-state index < -0.39 is 11.9 Å². The molecule has 5 rings (SSSR count). The summed E-state index contributed by atoms with van der Waals surface area (Å²) >= 11 is 1.29. The summed E-state index contributed by atoms with van der Waals surface area (Å²) in [5.41, 5.74) is 2.37. The number of carbonyl (C=O) groups is 3. The molecule has 1 N–H and O–H groups in total. The Kier molecular flexibility index (Phi) is 7.65. The molecular formula is C29H26N2O6S. The number of hydrogen-bond donors (Lipinski definition) is 1. The minimum absolute atomic E-state index is 0.112. The molecule has 1 aliphatic carbocycles. The normalized spacial score (nSPS) is 16.3. The highest BCUT2D eigenvalue weighted by atomic mass is 32.1. The van der Waals surface area contributed by atoms with Crippen LogP contribution in [0.5, 0.6) is 11.5 Å². The van der Waals surface area contributed by atoms with Crippen molar-refractivity contribution in [1.82, 2.24) is 5.32 Å². The van der Waals surface area contributed by atoms with Crippen molar-refractivity contribution in [2.45, 2.75) is 32.2 Å². The van der Waals surface area contributed by atoms with Gasteiger partial charge in [-0.2, -0.15) is 0 Å². The molecular weight excluding hydrogens is 504 g/mol. The minimum Gasteiger partial charge on any atom is -0.493 e. The minimum atomic E-state index is -0.569. The second-order valence-electron chi connectivity index (χ2n) is 9.01. The molecule has 1 aliphatic heterocycles. The van der Waals surface area contributed by atoms with E-state index >= 15 is 0 Å². The molecule has 38 heavy (non-hydrogen) atoms. The fourth-order valence-corrected chi connectivity index (χ4v) is 4.98. The van der Waals surface area contributed by atoms with Gasteiger partial charge in [0.1, 0.15) is 4.88 Å². The Labute approximate surface area is 223 Å². The standard InChI is InChI=1S/C29H26N2O6S/c1-35-24-16-19(10-13-23(24)36-29(34)25-7-4-14-38-25)15-22-28(33)37-27(31-22)21-11-8-18(9-12-21)17-30-26(32)20-5-2-3-6-20/h4,7-16,20H,2-3,5-6,17H2,1H3,(H,30,32)/b22-15+. The molecule has 1 aromatic heterocycles. The first kappa shape index (κ1) is 25.4. The van der Waals surface area contributed by atoms with Crippen molar-refractivity contribution >= 4 is 41.2 Å². The zero-order valence-corrected chi connectivity index (χ0v) is 21.6. The SMILES string of the molecule is COc1cc(/C=C2/N=C(c3ccc(CNC(=O)C4CCCC4)cc3)OC2=O)ccc1OC(=O)c1cccs1. The topological polar surface area (TPSA) is 103 Å². The zero-order chi connectivity index (χ0) is 26.5. The van der Waals surface area contributed by atoms with Crippen LogP contribution in [-0.4, -0.2) is 30.9 Å². The lowest BCUT2D eigenvalue weighted by Crippen LogP contribution is -2.28. The average Bonchev–Trinajstić information content (AvgIpc) is 3.72. The van der Waals surface area contributed by atoms with Crippen LogP contribution >= 0.6 is 11.3 Å². The van der Waals surface area contributed by atoms with Gasteiger partial charge >= 0.3 is 11.9 Å². The molecule has 1 fully saturated rings. The summed E-state index contributed by atoms with van der Waals surface area (Å²) in [7, 11) is 1.47. The Morgan fingerprint density at radius 2 is 1.89 bits per heavy atom. The number of hydrogen-bond acceptors (Lipinski definition) is 8. The van der Waals surface area contributed by atoms with Gasteiger partial charge in [0, 0.05) is 18.0 Å². The lowest BCUT2D eigenvalue weighted by molar-refractivity contribution is -0.130. The molecule has 2 aromatic carbocycles. The van der Waals surface area contributed by atoms with Gasteiger partial charge in [0.15, 0.2) is 17.2 Å². The molecule has 0 spiro atoms. The Bertz CT molecular complexity index is 1400. The number of ether oxygens (including phenoxy) is 3. The lowest BCUT2D eigenvalue weighted by Gasteiger charge is -2.10. The predicted octanol–water partition coefficient (Wildman–Crippen LogP) is 5.13. The van der Waals surface area contributed by atoms with Gasteiger partial charge in [-0.05, 0) is 65.8 Å². The Hall–Kier alpha value is -4.24. The van der Waals surface area contributed by atoms with E-state index in [2.05, 4.69) is 10.3 Å². The second-order valence-corrected chi connectivity index (χ2v) is 9.96. The molecule has 1 saturated carbocycles. The maximum atomic E-state index is 12.5. The summed E-state index contributed by atoms with van der Waals surface area (Å²) in [5.74, 6) is 0.0164. The maximum Gasteiger partial charge on any atom is 0.363 e. The molecule has 194 valence electrons. The number of nitrogens with zero attached hydrogens (tertiary/aromatic N) is 1. The third kappa shape index (κ3) is 5.84. The highest BCUT2D eigenvalue weighted by Crippen LogP contribution is 2.31. The van der Waals surface area contributed by atoms with Crippen molar-refractivity contribution in [1.29, 1.82) is 0 Å². The number of carbonyl (C=O) groups excluding carboxylic acids is 3. The van der Waals surface area contributed by atoms with Crippen LogP contribution < -0.4 is 14.8 Å². The summed E-state index contributed by atoms with van der Waals surface area (Å²) in [6.45, 7) is 0.452. The highest BCUT2D eigenvalue weighted by molar-refractivity contribution is 7.12. The number of nitrogens with one attached hydrogen (secondary N) is 1. The number of thiophene rings is 1. The average molecular weight is 531 g/mol. The van der Waals surface area contributed by atoms with Crippen molar-refractivity contribution in [2.24, 2.45) is 10.9 Å². The number of benzene rings is 2. The number of esters is 2. The van der Waals surface area contributed by atoms with E-state index in [1.54, 1.807) is 41.8 Å². The predicted molar refractivity (Wildman–Crippen MR) is 143 cm³/mol. The van der Waals surface area contributed by atoms with Crippen LogP contribution in [-0.2, 0) is 20.9 Å². The Morgan fingerprint density at radius 3 is 2.61 bits per heavy atom. The molecule has 8 nitrogen and oxygen atoms in total. The van der Waals surface area contributed by atoms with E-state index in [1.807, 2.05) is 24.3 Å². The fourth-order valence-electron chi connectivity index (χ4n) is 4.38. The van der Waals surface area contributed by atoms with Gasteiger partial charge in [-0.15, -0.1) is 11.3 Å². The van der Waals surface area contributed by atoms with Crippen molar-refractivity contribution in [3.05, 3.63) is 87.2 Å². The zero-order valence-electron chi connectivity index (χ0n) is 20.8. The summed E-state index contributed by atoms with van der Waals surface area (Å²) < 4.78 is 16.2. The van der Waals surface area contributed by atoms with Crippen molar-refractivity contribution in [3.63, 3.8) is 0 Å². The second kappa shape index (κ2) is 11.4. The van der Waals surface area contributed by atoms with Crippen LogP contribution in [0.2, 0.25) is 0 Å². The van der Waals surface area contributed by atoms with Gasteiger partial charge in [-0.3, -0.25) is 4.79 Å². The van der Waals surface area contributed by atoms with Gasteiger partial charge in [-0.25, -0.2) is 14.6 Å². The molecule has 2 aliphatic rings. The third-order valence-corrected chi connectivity index (χ3v) is 7.28. The van der Waals surface area contributed by atoms with Crippen LogP contribution in [0.4, 0.5) is 0 Å². The summed E-state index contributed by atoms with van der Waals surface area (Å²) in [6, 6.07) is 15.8.